The average molecular weight is 757 g/mol. The second-order valence-corrected chi connectivity index (χ2v) is 14.5. The minimum atomic E-state index is -4.28. The molecule has 0 amide bonds. The molecular formula is C38H33FN4O10S. The van der Waals surface area contributed by atoms with Crippen LogP contribution >= 0.6 is 0 Å². The van der Waals surface area contributed by atoms with Crippen LogP contribution in [0.3, 0.4) is 0 Å². The van der Waals surface area contributed by atoms with Gasteiger partial charge in [-0.1, -0.05) is 19.1 Å². The molecule has 0 radical (unpaired) electrons. The summed E-state index contributed by atoms with van der Waals surface area (Å²) in [6.45, 7) is 1.22. The Bertz CT molecular complexity index is 2520. The van der Waals surface area contributed by atoms with Gasteiger partial charge in [0.1, 0.15) is 23.9 Å². The number of sulfonamides is 1. The zero-order chi connectivity index (χ0) is 37.8. The van der Waals surface area contributed by atoms with E-state index in [2.05, 4.69) is 9.71 Å². The van der Waals surface area contributed by atoms with Crippen molar-refractivity contribution in [1.29, 1.82) is 0 Å². The lowest BCUT2D eigenvalue weighted by Crippen LogP contribution is -2.51. The Balaban J connectivity index is 1.10. The topological polar surface area (TPSA) is 177 Å². The molecule has 3 aliphatic heterocycles. The molecule has 0 spiro atoms. The normalized spacial score (nSPS) is 18.5. The summed E-state index contributed by atoms with van der Waals surface area (Å²) in [6.07, 6.45) is -1.74. The number of nitrogens with one attached hydrogen (secondary N) is 1. The molecule has 3 aromatic carbocycles. The van der Waals surface area contributed by atoms with Crippen molar-refractivity contribution < 1.29 is 46.4 Å². The molecule has 2 aromatic heterocycles. The number of hydrogen-bond acceptors (Lipinski definition) is 11. The van der Waals surface area contributed by atoms with Crippen LogP contribution in [0.1, 0.15) is 35.6 Å². The number of carbonyl (C=O) groups excluding carboxylic acids is 1. The van der Waals surface area contributed by atoms with Crippen LogP contribution in [0, 0.1) is 5.82 Å². The maximum absolute atomic E-state index is 14.0. The molecule has 0 aliphatic carbocycles. The van der Waals surface area contributed by atoms with Crippen LogP contribution in [-0.4, -0.2) is 61.6 Å². The van der Waals surface area contributed by atoms with Crippen LogP contribution < -0.4 is 25.1 Å². The maximum Gasteiger partial charge on any atom is 0.326 e. The van der Waals surface area contributed by atoms with Crippen molar-refractivity contribution in [2.75, 3.05) is 20.4 Å². The highest BCUT2D eigenvalue weighted by atomic mass is 32.2. The fourth-order valence-electron chi connectivity index (χ4n) is 6.93. The quantitative estimate of drug-likeness (QED) is 0.124. The molecule has 2 atom stereocenters. The molecule has 8 rings (SSSR count). The number of methoxy groups -OCH3 is 1. The molecule has 3 aliphatic rings. The summed E-state index contributed by atoms with van der Waals surface area (Å²) in [4.78, 5) is 32.4. The van der Waals surface area contributed by atoms with Crippen molar-refractivity contribution in [3.8, 4) is 28.6 Å². The SMILES string of the molecule is CC[C@]1(OC(=O)CN/C(Cc2ccc(F)cc2)=N/S(=O)(=O)c2ccc(OC)cc2)c2cc3n(c(=O)c2COC1O)Cc1cc2cc4c(cc2nc1-3)OCO4. The number of hydrogen-bond donors (Lipinski definition) is 2. The van der Waals surface area contributed by atoms with Gasteiger partial charge in [-0.3, -0.25) is 9.59 Å². The summed E-state index contributed by atoms with van der Waals surface area (Å²) in [5.74, 6) is 0.0992. The number of aliphatic hydroxyl groups excluding tert-OH is 1. The number of halogens is 1. The van der Waals surface area contributed by atoms with E-state index in [0.717, 1.165) is 10.9 Å². The first-order valence-electron chi connectivity index (χ1n) is 17.0. The molecule has 2 N–H and O–H groups in total. The number of rotatable bonds is 9. The number of esters is 1. The van der Waals surface area contributed by atoms with Gasteiger partial charge in [-0.15, -0.1) is 4.40 Å². The Morgan fingerprint density at radius 1 is 1.09 bits per heavy atom. The Labute approximate surface area is 307 Å². The molecule has 5 aromatic rings. The Morgan fingerprint density at radius 3 is 2.56 bits per heavy atom. The fraction of sp³-hybridized carbons (Fsp3) is 0.263. The standard InChI is InChI=1S/C38H33FN4O10S/c1-3-38(53-34(44)17-40-33(12-21-4-6-24(39)7-5-21)42-54(47,48)26-10-8-25(49-2)9-11-26)28-15-30-35-23(18-43(30)36(45)27(28)19-50-37(38)46)13-22-14-31-32(52-20-51-31)16-29(22)41-35/h4-11,13-16,37,46H,3,12,17-20H2,1-2H3,(H,40,42)/t37?,38-/m0/s1. The molecule has 0 saturated carbocycles. The average Bonchev–Trinajstić information content (AvgIpc) is 3.78. The Kier molecular flexibility index (Phi) is 8.82. The Hall–Kier alpha value is -5.84. The summed E-state index contributed by atoms with van der Waals surface area (Å²) in [5.41, 5.74) is 1.27. The second kappa shape index (κ2) is 13.5. The number of carbonyl (C=O) groups is 1. The van der Waals surface area contributed by atoms with Crippen LogP contribution in [0.5, 0.6) is 17.2 Å². The lowest BCUT2D eigenvalue weighted by Gasteiger charge is -2.41. The van der Waals surface area contributed by atoms with E-state index in [0.29, 0.717) is 39.7 Å². The predicted molar refractivity (Wildman–Crippen MR) is 191 cm³/mol. The number of pyridine rings is 2. The number of ether oxygens (including phenoxy) is 5. The van der Waals surface area contributed by atoms with Gasteiger partial charge < -0.3 is 38.7 Å². The van der Waals surface area contributed by atoms with Crippen LogP contribution in [0.4, 0.5) is 4.39 Å². The van der Waals surface area contributed by atoms with Crippen molar-refractivity contribution in [1.82, 2.24) is 14.9 Å². The van der Waals surface area contributed by atoms with Gasteiger partial charge in [0, 0.05) is 29.0 Å². The third-order valence-electron chi connectivity index (χ3n) is 9.73. The number of nitrogens with zero attached hydrogens (tertiary/aromatic N) is 3. The third kappa shape index (κ3) is 6.21. The van der Waals surface area contributed by atoms with E-state index in [1.807, 2.05) is 12.1 Å². The van der Waals surface area contributed by atoms with E-state index < -0.39 is 40.2 Å². The van der Waals surface area contributed by atoms with E-state index >= 15 is 0 Å². The van der Waals surface area contributed by atoms with Crippen LogP contribution in [-0.2, 0) is 49.5 Å². The van der Waals surface area contributed by atoms with Crippen LogP contribution in [0.2, 0.25) is 0 Å². The first-order chi connectivity index (χ1) is 26.0. The summed E-state index contributed by atoms with van der Waals surface area (Å²) in [6, 6.07) is 18.2. The lowest BCUT2D eigenvalue weighted by molar-refractivity contribution is -0.249. The molecular weight excluding hydrogens is 724 g/mol. The molecule has 0 bridgehead atoms. The van der Waals surface area contributed by atoms with E-state index in [4.69, 9.17) is 28.7 Å². The van der Waals surface area contributed by atoms with E-state index in [1.54, 1.807) is 23.6 Å². The predicted octanol–water partition coefficient (Wildman–Crippen LogP) is 3.92. The zero-order valence-corrected chi connectivity index (χ0v) is 29.8. The highest BCUT2D eigenvalue weighted by Gasteiger charge is 2.49. The first-order valence-corrected chi connectivity index (χ1v) is 18.4. The van der Waals surface area contributed by atoms with Crippen molar-refractivity contribution in [2.24, 2.45) is 4.40 Å². The number of aromatic nitrogens is 2. The number of benzene rings is 3. The molecule has 54 heavy (non-hydrogen) atoms. The number of aliphatic hydroxyl groups is 1. The summed E-state index contributed by atoms with van der Waals surface area (Å²) in [7, 11) is -2.83. The van der Waals surface area contributed by atoms with Gasteiger partial charge in [-0.25, -0.2) is 9.37 Å². The summed E-state index contributed by atoms with van der Waals surface area (Å²) < 4.78 is 73.7. The fourth-order valence-corrected chi connectivity index (χ4v) is 7.94. The Morgan fingerprint density at radius 2 is 1.83 bits per heavy atom. The van der Waals surface area contributed by atoms with Gasteiger partial charge in [0.15, 0.2) is 23.4 Å². The van der Waals surface area contributed by atoms with Crippen LogP contribution in [0.15, 0.2) is 86.9 Å². The van der Waals surface area contributed by atoms with Gasteiger partial charge >= 0.3 is 5.97 Å². The van der Waals surface area contributed by atoms with Gasteiger partial charge in [-0.05, 0) is 66.6 Å². The molecule has 16 heteroatoms. The maximum atomic E-state index is 14.0. The van der Waals surface area contributed by atoms with E-state index in [9.17, 15) is 27.5 Å². The van der Waals surface area contributed by atoms with E-state index in [-0.39, 0.29) is 60.2 Å². The largest absolute Gasteiger partial charge is 0.497 e. The van der Waals surface area contributed by atoms with Crippen LogP contribution in [0.25, 0.3) is 22.3 Å². The smallest absolute Gasteiger partial charge is 0.326 e. The van der Waals surface area contributed by atoms with Crippen molar-refractivity contribution in [3.05, 3.63) is 111 Å². The molecule has 5 heterocycles. The molecule has 278 valence electrons. The lowest BCUT2D eigenvalue weighted by atomic mass is 9.84. The molecule has 1 unspecified atom stereocenters. The highest BCUT2D eigenvalue weighted by molar-refractivity contribution is 7.90. The van der Waals surface area contributed by atoms with Crippen molar-refractivity contribution >= 4 is 32.7 Å². The molecule has 14 nitrogen and oxygen atoms in total. The zero-order valence-electron chi connectivity index (χ0n) is 29.0. The van der Waals surface area contributed by atoms with Crippen molar-refractivity contribution in [2.45, 2.75) is 49.7 Å². The van der Waals surface area contributed by atoms with Gasteiger partial charge in [0.2, 0.25) is 6.79 Å². The number of fused-ring (bicyclic) bond motifs is 6. The minimum absolute atomic E-state index is 0.0135. The first kappa shape index (κ1) is 35.2. The summed E-state index contributed by atoms with van der Waals surface area (Å²) >= 11 is 0. The van der Waals surface area contributed by atoms with E-state index in [1.165, 1.54) is 55.6 Å². The molecule has 0 fully saturated rings. The summed E-state index contributed by atoms with van der Waals surface area (Å²) in [5, 5.41) is 14.9. The molecule has 0 saturated heterocycles. The minimum Gasteiger partial charge on any atom is -0.497 e. The monoisotopic (exact) mass is 756 g/mol. The number of amidine groups is 1. The van der Waals surface area contributed by atoms with Gasteiger partial charge in [-0.2, -0.15) is 8.42 Å². The van der Waals surface area contributed by atoms with Crippen molar-refractivity contribution in [3.63, 3.8) is 0 Å². The van der Waals surface area contributed by atoms with Gasteiger partial charge in [0.05, 0.1) is 47.6 Å². The highest BCUT2D eigenvalue weighted by Crippen LogP contribution is 2.43. The third-order valence-corrected chi connectivity index (χ3v) is 11.1. The second-order valence-electron chi connectivity index (χ2n) is 12.9. The van der Waals surface area contributed by atoms with Gasteiger partial charge in [0.25, 0.3) is 15.6 Å².